The molecule has 10 heteroatoms. The van der Waals surface area contributed by atoms with Crippen molar-refractivity contribution in [3.63, 3.8) is 0 Å². The van der Waals surface area contributed by atoms with E-state index in [0.717, 1.165) is 38.9 Å². The average Bonchev–Trinajstić information content (AvgIpc) is 3.48. The molecule has 4 aromatic carbocycles. The van der Waals surface area contributed by atoms with Crippen molar-refractivity contribution in [2.24, 2.45) is 5.10 Å². The first-order valence-electron chi connectivity index (χ1n) is 13.4. The van der Waals surface area contributed by atoms with Gasteiger partial charge in [0.1, 0.15) is 5.75 Å². The van der Waals surface area contributed by atoms with Gasteiger partial charge in [-0.3, -0.25) is 9.59 Å². The lowest BCUT2D eigenvalue weighted by Gasteiger charge is -2.12. The summed E-state index contributed by atoms with van der Waals surface area (Å²) in [6, 6.07) is 27.6. The summed E-state index contributed by atoms with van der Waals surface area (Å²) in [6.07, 6.45) is 1.42. The van der Waals surface area contributed by atoms with Crippen LogP contribution in [-0.2, 0) is 4.79 Å². The number of nitrogens with zero attached hydrogens (tertiary/aromatic N) is 2. The molecule has 0 radical (unpaired) electrons. The Bertz CT molecular complexity index is 1770. The molecule has 2 amide bonds. The Balaban J connectivity index is 1.17. The van der Waals surface area contributed by atoms with E-state index >= 15 is 0 Å². The zero-order valence-corrected chi connectivity index (χ0v) is 25.0. The number of hydrogen-bond donors (Lipinski definition) is 3. The van der Waals surface area contributed by atoms with Crippen LogP contribution >= 0.6 is 22.9 Å². The summed E-state index contributed by atoms with van der Waals surface area (Å²) in [5, 5.41) is 13.4. The number of hydrazone groups is 1. The highest BCUT2D eigenvalue weighted by molar-refractivity contribution is 7.14. The fourth-order valence-electron chi connectivity index (χ4n) is 4.09. The fourth-order valence-corrected chi connectivity index (χ4v) is 5.01. The average molecular weight is 610 g/mol. The van der Waals surface area contributed by atoms with E-state index in [-0.39, 0.29) is 18.4 Å². The SMILES string of the molecule is Cc1cccc(NC(=O)COc2ccc(Cl)cc2/C=N/NC(=O)c2ccc(-c3csc(Nc4ccccc4)n3)cc2)c1C. The third-order valence-corrected chi connectivity index (χ3v) is 7.54. The molecule has 3 N–H and O–H groups in total. The lowest BCUT2D eigenvalue weighted by atomic mass is 10.1. The van der Waals surface area contributed by atoms with E-state index in [1.165, 1.54) is 17.6 Å². The van der Waals surface area contributed by atoms with Crippen molar-refractivity contribution in [3.05, 3.63) is 124 Å². The minimum absolute atomic E-state index is 0.211. The minimum atomic E-state index is -0.384. The number of nitrogens with one attached hydrogen (secondary N) is 3. The number of carbonyl (C=O) groups is 2. The van der Waals surface area contributed by atoms with E-state index in [1.54, 1.807) is 30.3 Å². The van der Waals surface area contributed by atoms with Crippen molar-refractivity contribution in [1.82, 2.24) is 10.4 Å². The van der Waals surface area contributed by atoms with Gasteiger partial charge in [-0.05, 0) is 73.5 Å². The van der Waals surface area contributed by atoms with Crippen molar-refractivity contribution in [3.8, 4) is 17.0 Å². The van der Waals surface area contributed by atoms with Gasteiger partial charge in [0.2, 0.25) is 0 Å². The number of aryl methyl sites for hydroxylation is 1. The number of carbonyl (C=O) groups excluding carboxylic acids is 2. The maximum atomic E-state index is 12.7. The quantitative estimate of drug-likeness (QED) is 0.112. The molecule has 0 bridgehead atoms. The van der Waals surface area contributed by atoms with Gasteiger partial charge in [0.15, 0.2) is 11.7 Å². The molecular weight excluding hydrogens is 582 g/mol. The Kier molecular flexibility index (Phi) is 9.46. The second-order valence-corrected chi connectivity index (χ2v) is 10.9. The van der Waals surface area contributed by atoms with Crippen molar-refractivity contribution in [1.29, 1.82) is 0 Å². The van der Waals surface area contributed by atoms with Gasteiger partial charge in [-0.2, -0.15) is 5.10 Å². The van der Waals surface area contributed by atoms with Crippen LogP contribution in [0, 0.1) is 13.8 Å². The van der Waals surface area contributed by atoms with Crippen LogP contribution in [0.4, 0.5) is 16.5 Å². The second-order valence-electron chi connectivity index (χ2n) is 9.57. The maximum absolute atomic E-state index is 12.7. The second kappa shape index (κ2) is 13.8. The van der Waals surface area contributed by atoms with Crippen LogP contribution < -0.4 is 20.8 Å². The molecule has 8 nitrogen and oxygen atoms in total. The van der Waals surface area contributed by atoms with E-state index in [0.29, 0.717) is 21.9 Å². The van der Waals surface area contributed by atoms with E-state index in [2.05, 4.69) is 26.1 Å². The van der Waals surface area contributed by atoms with Gasteiger partial charge in [0.25, 0.3) is 11.8 Å². The lowest BCUT2D eigenvalue weighted by molar-refractivity contribution is -0.118. The van der Waals surface area contributed by atoms with E-state index in [1.807, 2.05) is 79.9 Å². The Morgan fingerprint density at radius 1 is 0.977 bits per heavy atom. The highest BCUT2D eigenvalue weighted by atomic mass is 35.5. The predicted octanol–water partition coefficient (Wildman–Crippen LogP) is 7.61. The Morgan fingerprint density at radius 3 is 2.56 bits per heavy atom. The molecule has 43 heavy (non-hydrogen) atoms. The van der Waals surface area contributed by atoms with Gasteiger partial charge in [-0.25, -0.2) is 10.4 Å². The number of benzene rings is 4. The zero-order valence-electron chi connectivity index (χ0n) is 23.4. The van der Waals surface area contributed by atoms with E-state index in [4.69, 9.17) is 16.3 Å². The third kappa shape index (κ3) is 7.85. The molecule has 0 saturated heterocycles. The summed E-state index contributed by atoms with van der Waals surface area (Å²) in [4.78, 5) is 29.9. The third-order valence-electron chi connectivity index (χ3n) is 6.55. The standard InChI is InChI=1S/C33H28ClN5O3S/c1-21-7-6-10-28(22(21)2)37-31(40)19-42-30-16-15-26(34)17-25(30)18-35-39-32(41)24-13-11-23(12-14-24)29-20-43-33(38-29)36-27-8-4-3-5-9-27/h3-18,20H,19H2,1-2H3,(H,36,38)(H,37,40)(H,39,41)/b35-18+. The highest BCUT2D eigenvalue weighted by Crippen LogP contribution is 2.27. The number of thiazole rings is 1. The summed E-state index contributed by atoms with van der Waals surface area (Å²) in [7, 11) is 0. The smallest absolute Gasteiger partial charge is 0.271 e. The highest BCUT2D eigenvalue weighted by Gasteiger charge is 2.11. The molecule has 0 saturated carbocycles. The Labute approximate surface area is 258 Å². The number of hydrogen-bond acceptors (Lipinski definition) is 7. The summed E-state index contributed by atoms with van der Waals surface area (Å²) in [5.41, 5.74) is 8.94. The number of aromatic nitrogens is 1. The van der Waals surface area contributed by atoms with Gasteiger partial charge in [0.05, 0.1) is 11.9 Å². The summed E-state index contributed by atoms with van der Waals surface area (Å²) in [6.45, 7) is 3.72. The molecule has 0 spiro atoms. The monoisotopic (exact) mass is 609 g/mol. The van der Waals surface area contributed by atoms with Gasteiger partial charge in [0, 0.05) is 38.5 Å². The lowest BCUT2D eigenvalue weighted by Crippen LogP contribution is -2.21. The Morgan fingerprint density at radius 2 is 1.77 bits per heavy atom. The number of ether oxygens (including phenoxy) is 1. The molecule has 0 unspecified atom stereocenters. The molecule has 0 fully saturated rings. The van der Waals surface area contributed by atoms with Crippen LogP contribution in [0.1, 0.15) is 27.0 Å². The van der Waals surface area contributed by atoms with Gasteiger partial charge in [-0.15, -0.1) is 11.3 Å². The first-order chi connectivity index (χ1) is 20.9. The summed E-state index contributed by atoms with van der Waals surface area (Å²) < 4.78 is 5.74. The number of para-hydroxylation sites is 1. The summed E-state index contributed by atoms with van der Waals surface area (Å²) in [5.74, 6) is -0.290. The molecule has 0 aliphatic heterocycles. The van der Waals surface area contributed by atoms with E-state index in [9.17, 15) is 9.59 Å². The van der Waals surface area contributed by atoms with E-state index < -0.39 is 0 Å². The molecule has 0 aliphatic rings. The van der Waals surface area contributed by atoms with Crippen LogP contribution in [0.2, 0.25) is 5.02 Å². The van der Waals surface area contributed by atoms with Crippen molar-refractivity contribution in [2.75, 3.05) is 17.2 Å². The molecule has 0 aliphatic carbocycles. The largest absolute Gasteiger partial charge is 0.483 e. The van der Waals surface area contributed by atoms with Crippen molar-refractivity contribution >= 4 is 57.5 Å². The van der Waals surface area contributed by atoms with Crippen LogP contribution in [0.25, 0.3) is 11.3 Å². The fraction of sp³-hybridized carbons (Fsp3) is 0.0909. The number of rotatable bonds is 10. The van der Waals surface area contributed by atoms with Crippen LogP contribution in [0.5, 0.6) is 5.75 Å². The van der Waals surface area contributed by atoms with Crippen molar-refractivity contribution in [2.45, 2.75) is 13.8 Å². The van der Waals surface area contributed by atoms with Crippen molar-refractivity contribution < 1.29 is 14.3 Å². The molecule has 5 rings (SSSR count). The first kappa shape index (κ1) is 29.5. The van der Waals surface area contributed by atoms with Crippen LogP contribution in [-0.4, -0.2) is 29.6 Å². The predicted molar refractivity (Wildman–Crippen MR) is 174 cm³/mol. The maximum Gasteiger partial charge on any atom is 0.271 e. The van der Waals surface area contributed by atoms with Gasteiger partial charge in [-0.1, -0.05) is 54.1 Å². The number of anilines is 3. The summed E-state index contributed by atoms with van der Waals surface area (Å²) >= 11 is 7.68. The van der Waals surface area contributed by atoms with Crippen LogP contribution in [0.3, 0.4) is 0 Å². The first-order valence-corrected chi connectivity index (χ1v) is 14.6. The van der Waals surface area contributed by atoms with Gasteiger partial charge >= 0.3 is 0 Å². The topological polar surface area (TPSA) is 105 Å². The molecule has 216 valence electrons. The molecule has 1 heterocycles. The number of halogens is 1. The molecule has 1 aromatic heterocycles. The molecule has 5 aromatic rings. The van der Waals surface area contributed by atoms with Crippen LogP contribution in [0.15, 0.2) is 101 Å². The molecular formula is C33H28ClN5O3S. The zero-order chi connectivity index (χ0) is 30.2. The Hall–Kier alpha value is -4.99. The number of amides is 2. The minimum Gasteiger partial charge on any atom is -0.483 e. The van der Waals surface area contributed by atoms with Gasteiger partial charge < -0.3 is 15.4 Å². The molecule has 0 atom stereocenters. The normalized spacial score (nSPS) is 10.9.